The summed E-state index contributed by atoms with van der Waals surface area (Å²) < 4.78 is 5.79. The van der Waals surface area contributed by atoms with Gasteiger partial charge in [0.2, 0.25) is 5.82 Å². The average molecular weight is 329 g/mol. The summed E-state index contributed by atoms with van der Waals surface area (Å²) in [6.07, 6.45) is 8.02. The number of nitrogens with zero attached hydrogens (tertiary/aromatic N) is 4. The number of aryl methyl sites for hydroxylation is 1. The summed E-state index contributed by atoms with van der Waals surface area (Å²) in [5.74, 6) is 0.569. The normalized spacial score (nSPS) is 15.0. The Morgan fingerprint density at radius 1 is 1.21 bits per heavy atom. The second-order valence-electron chi connectivity index (χ2n) is 5.86. The number of nitrogens with one attached hydrogen (secondary N) is 1. The molecule has 2 aromatic heterocycles. The van der Waals surface area contributed by atoms with Crippen LogP contribution in [0.15, 0.2) is 24.7 Å². The lowest BCUT2D eigenvalue weighted by atomic mass is 9.98. The summed E-state index contributed by atoms with van der Waals surface area (Å²) in [6.45, 7) is 1.92. The highest BCUT2D eigenvalue weighted by molar-refractivity contribution is 5.66. The maximum Gasteiger partial charge on any atom is 0.373 e. The molecule has 0 bridgehead atoms. The molecule has 2 aromatic rings. The minimum Gasteiger partial charge on any atom is -0.469 e. The van der Waals surface area contributed by atoms with Crippen LogP contribution in [0.2, 0.25) is 0 Å². The van der Waals surface area contributed by atoms with E-state index in [4.69, 9.17) is 4.74 Å². The smallest absolute Gasteiger partial charge is 0.373 e. The Balaban J connectivity index is 1.86. The molecule has 0 radical (unpaired) electrons. The summed E-state index contributed by atoms with van der Waals surface area (Å²) in [7, 11) is 0. The summed E-state index contributed by atoms with van der Waals surface area (Å²) in [6, 6.07) is 3.60. The van der Waals surface area contributed by atoms with E-state index in [1.54, 1.807) is 12.3 Å². The molecule has 1 N–H and O–H groups in total. The minimum absolute atomic E-state index is 0.0107. The molecule has 0 atom stereocenters. The quantitative estimate of drug-likeness (QED) is 0.661. The number of nitro groups is 1. The van der Waals surface area contributed by atoms with Gasteiger partial charge in [-0.2, -0.15) is 4.98 Å². The molecule has 0 unspecified atom stereocenters. The first kappa shape index (κ1) is 16.1. The van der Waals surface area contributed by atoms with Crippen molar-refractivity contribution in [2.75, 3.05) is 5.32 Å². The third-order valence-corrected chi connectivity index (χ3v) is 3.96. The Labute approximate surface area is 139 Å². The second kappa shape index (κ2) is 7.20. The first-order valence-electron chi connectivity index (χ1n) is 7.99. The highest BCUT2D eigenvalue weighted by atomic mass is 16.6. The third-order valence-electron chi connectivity index (χ3n) is 3.96. The van der Waals surface area contributed by atoms with Gasteiger partial charge in [0.05, 0.1) is 4.92 Å². The molecule has 8 heteroatoms. The molecule has 0 aliphatic heterocycles. The van der Waals surface area contributed by atoms with Gasteiger partial charge in [0.15, 0.2) is 0 Å². The van der Waals surface area contributed by atoms with Crippen molar-refractivity contribution < 1.29 is 9.66 Å². The van der Waals surface area contributed by atoms with Crippen LogP contribution in [0.25, 0.3) is 0 Å². The average Bonchev–Trinajstić information content (AvgIpc) is 2.58. The zero-order chi connectivity index (χ0) is 16.9. The van der Waals surface area contributed by atoms with Crippen LogP contribution in [0.1, 0.15) is 37.7 Å². The Hall–Kier alpha value is -2.77. The summed E-state index contributed by atoms with van der Waals surface area (Å²) in [5, 5.41) is 14.4. The number of rotatable bonds is 5. The monoisotopic (exact) mass is 329 g/mol. The molecule has 2 heterocycles. The van der Waals surface area contributed by atoms with Crippen molar-refractivity contribution in [1.82, 2.24) is 15.0 Å². The van der Waals surface area contributed by atoms with Gasteiger partial charge in [0.1, 0.15) is 18.2 Å². The fraction of sp³-hybridized carbons (Fsp3) is 0.438. The first-order valence-corrected chi connectivity index (χ1v) is 7.99. The van der Waals surface area contributed by atoms with Crippen LogP contribution in [0, 0.1) is 17.0 Å². The van der Waals surface area contributed by atoms with Gasteiger partial charge in [-0.25, -0.2) is 9.97 Å². The van der Waals surface area contributed by atoms with E-state index in [9.17, 15) is 10.1 Å². The van der Waals surface area contributed by atoms with Crippen molar-refractivity contribution in [2.45, 2.75) is 45.1 Å². The number of hydrogen-bond acceptors (Lipinski definition) is 7. The number of hydrogen-bond donors (Lipinski definition) is 1. The Kier molecular flexibility index (Phi) is 4.83. The van der Waals surface area contributed by atoms with Gasteiger partial charge in [-0.1, -0.05) is 12.5 Å². The van der Waals surface area contributed by atoms with Gasteiger partial charge in [-0.05, 0) is 44.2 Å². The van der Waals surface area contributed by atoms with Gasteiger partial charge in [0.25, 0.3) is 5.88 Å². The summed E-state index contributed by atoms with van der Waals surface area (Å²) in [5.41, 5.74) is 0.740. The molecule has 126 valence electrons. The van der Waals surface area contributed by atoms with Gasteiger partial charge < -0.3 is 10.1 Å². The largest absolute Gasteiger partial charge is 0.469 e. The first-order chi connectivity index (χ1) is 11.6. The third kappa shape index (κ3) is 3.76. The lowest BCUT2D eigenvalue weighted by Crippen LogP contribution is -2.21. The molecular formula is C16H19N5O3. The molecule has 1 aliphatic carbocycles. The SMILES string of the molecule is Cc1ccc(Nc2ncnc(OC3CCCCC3)c2[N+](=O)[O-])nc1. The highest BCUT2D eigenvalue weighted by Gasteiger charge is 2.27. The zero-order valence-electron chi connectivity index (χ0n) is 13.4. The number of pyridine rings is 1. The standard InChI is InChI=1S/C16H19N5O3/c1-11-7-8-13(17-9-11)20-15-14(21(22)23)16(19-10-18-15)24-12-5-3-2-4-6-12/h7-10,12H,2-6H2,1H3,(H,17,18,19,20). The Bertz CT molecular complexity index is 714. The molecule has 24 heavy (non-hydrogen) atoms. The van der Waals surface area contributed by atoms with Crippen LogP contribution in [-0.4, -0.2) is 26.0 Å². The highest BCUT2D eigenvalue weighted by Crippen LogP contribution is 2.34. The van der Waals surface area contributed by atoms with Crippen molar-refractivity contribution in [3.05, 3.63) is 40.3 Å². The molecule has 8 nitrogen and oxygen atoms in total. The van der Waals surface area contributed by atoms with Crippen LogP contribution < -0.4 is 10.1 Å². The number of anilines is 2. The van der Waals surface area contributed by atoms with Gasteiger partial charge in [-0.15, -0.1) is 0 Å². The van der Waals surface area contributed by atoms with E-state index in [2.05, 4.69) is 20.3 Å². The van der Waals surface area contributed by atoms with Crippen molar-refractivity contribution in [2.24, 2.45) is 0 Å². The van der Waals surface area contributed by atoms with Gasteiger partial charge in [-0.3, -0.25) is 10.1 Å². The Morgan fingerprint density at radius 3 is 2.67 bits per heavy atom. The van der Waals surface area contributed by atoms with Crippen LogP contribution in [0.5, 0.6) is 5.88 Å². The van der Waals surface area contributed by atoms with Crippen molar-refractivity contribution in [3.63, 3.8) is 0 Å². The van der Waals surface area contributed by atoms with E-state index in [1.807, 2.05) is 13.0 Å². The van der Waals surface area contributed by atoms with E-state index < -0.39 is 4.92 Å². The molecule has 1 aliphatic rings. The van der Waals surface area contributed by atoms with Crippen LogP contribution in [0.3, 0.4) is 0 Å². The lowest BCUT2D eigenvalue weighted by molar-refractivity contribution is -0.385. The van der Waals surface area contributed by atoms with Crippen molar-refractivity contribution >= 4 is 17.3 Å². The van der Waals surface area contributed by atoms with Gasteiger partial charge in [0, 0.05) is 6.20 Å². The van der Waals surface area contributed by atoms with Gasteiger partial charge >= 0.3 is 5.69 Å². The number of aromatic nitrogens is 3. The van der Waals surface area contributed by atoms with Crippen LogP contribution in [-0.2, 0) is 0 Å². The fourth-order valence-electron chi connectivity index (χ4n) is 2.71. The van der Waals surface area contributed by atoms with Crippen molar-refractivity contribution in [1.29, 1.82) is 0 Å². The second-order valence-corrected chi connectivity index (χ2v) is 5.86. The fourth-order valence-corrected chi connectivity index (χ4v) is 2.71. The summed E-state index contributed by atoms with van der Waals surface area (Å²) in [4.78, 5) is 23.1. The van der Waals surface area contributed by atoms with E-state index in [-0.39, 0.29) is 23.5 Å². The van der Waals surface area contributed by atoms with Crippen LogP contribution >= 0.6 is 0 Å². The zero-order valence-corrected chi connectivity index (χ0v) is 13.4. The van der Waals surface area contributed by atoms with E-state index in [1.165, 1.54) is 12.7 Å². The molecule has 1 saturated carbocycles. The van der Waals surface area contributed by atoms with E-state index in [0.717, 1.165) is 31.2 Å². The molecule has 0 saturated heterocycles. The maximum atomic E-state index is 11.5. The van der Waals surface area contributed by atoms with E-state index >= 15 is 0 Å². The predicted molar refractivity (Wildman–Crippen MR) is 88.4 cm³/mol. The molecule has 1 fully saturated rings. The molecule has 3 rings (SSSR count). The minimum atomic E-state index is -0.519. The van der Waals surface area contributed by atoms with Crippen molar-refractivity contribution in [3.8, 4) is 5.88 Å². The molecule has 0 aromatic carbocycles. The summed E-state index contributed by atoms with van der Waals surface area (Å²) >= 11 is 0. The Morgan fingerprint density at radius 2 is 2.00 bits per heavy atom. The van der Waals surface area contributed by atoms with E-state index in [0.29, 0.717) is 5.82 Å². The topological polar surface area (TPSA) is 103 Å². The maximum absolute atomic E-state index is 11.5. The number of ether oxygens (including phenoxy) is 1. The molecular weight excluding hydrogens is 310 g/mol. The molecule has 0 amide bonds. The van der Waals surface area contributed by atoms with Crippen LogP contribution in [0.4, 0.5) is 17.3 Å². The lowest BCUT2D eigenvalue weighted by Gasteiger charge is -2.22. The predicted octanol–water partition coefficient (Wildman–Crippen LogP) is 3.54. The molecule has 0 spiro atoms.